The molecular weight excluding hydrogens is 250 g/mol. The lowest BCUT2D eigenvalue weighted by molar-refractivity contribution is -0.138. The SMILES string of the molecule is CN(CC(=O)C(O)C(O)C(O)CO)c1ccccc1. The van der Waals surface area contributed by atoms with Crippen LogP contribution in [0.25, 0.3) is 0 Å². The second-order valence-corrected chi connectivity index (χ2v) is 4.34. The summed E-state index contributed by atoms with van der Waals surface area (Å²) in [5.41, 5.74) is 0.792. The highest BCUT2D eigenvalue weighted by molar-refractivity contribution is 5.87. The van der Waals surface area contributed by atoms with E-state index in [1.165, 1.54) is 0 Å². The second-order valence-electron chi connectivity index (χ2n) is 4.34. The topological polar surface area (TPSA) is 101 Å². The third kappa shape index (κ3) is 4.29. The molecule has 1 rings (SSSR count). The van der Waals surface area contributed by atoms with E-state index >= 15 is 0 Å². The molecule has 1 aromatic rings. The summed E-state index contributed by atoms with van der Waals surface area (Å²) in [6.45, 7) is -0.833. The minimum absolute atomic E-state index is 0.111. The van der Waals surface area contributed by atoms with Gasteiger partial charge in [-0.1, -0.05) is 18.2 Å². The molecule has 0 saturated carbocycles. The Kier molecular flexibility index (Phi) is 5.91. The fraction of sp³-hybridized carbons (Fsp3) is 0.462. The van der Waals surface area contributed by atoms with Crippen molar-refractivity contribution >= 4 is 11.5 Å². The monoisotopic (exact) mass is 269 g/mol. The van der Waals surface area contributed by atoms with E-state index in [0.29, 0.717) is 0 Å². The van der Waals surface area contributed by atoms with Gasteiger partial charge in [0.15, 0.2) is 5.78 Å². The largest absolute Gasteiger partial charge is 0.394 e. The van der Waals surface area contributed by atoms with Crippen LogP contribution in [0.3, 0.4) is 0 Å². The number of para-hydroxylation sites is 1. The Morgan fingerprint density at radius 3 is 2.32 bits per heavy atom. The molecule has 0 heterocycles. The smallest absolute Gasteiger partial charge is 0.183 e. The van der Waals surface area contributed by atoms with Gasteiger partial charge in [0.25, 0.3) is 0 Å². The lowest BCUT2D eigenvalue weighted by Crippen LogP contribution is -2.46. The Bertz CT molecular complexity index is 397. The average molecular weight is 269 g/mol. The van der Waals surface area contributed by atoms with Crippen LogP contribution in [0, 0.1) is 0 Å². The summed E-state index contributed by atoms with van der Waals surface area (Å²) in [6.07, 6.45) is -4.96. The third-order valence-corrected chi connectivity index (χ3v) is 2.82. The summed E-state index contributed by atoms with van der Waals surface area (Å²) in [6, 6.07) is 9.08. The van der Waals surface area contributed by atoms with E-state index in [-0.39, 0.29) is 6.54 Å². The molecule has 0 radical (unpaired) electrons. The fourth-order valence-corrected chi connectivity index (χ4v) is 1.61. The average Bonchev–Trinajstić information content (AvgIpc) is 2.45. The predicted molar refractivity (Wildman–Crippen MR) is 69.8 cm³/mol. The van der Waals surface area contributed by atoms with Crippen LogP contribution in [-0.4, -0.2) is 64.7 Å². The third-order valence-electron chi connectivity index (χ3n) is 2.82. The number of hydrogen-bond acceptors (Lipinski definition) is 6. The molecule has 0 saturated heterocycles. The van der Waals surface area contributed by atoms with E-state index in [4.69, 9.17) is 5.11 Å². The molecule has 0 spiro atoms. The van der Waals surface area contributed by atoms with Gasteiger partial charge in [-0.3, -0.25) is 4.79 Å². The van der Waals surface area contributed by atoms with Crippen molar-refractivity contribution in [2.45, 2.75) is 18.3 Å². The normalized spacial score (nSPS) is 15.6. The standard InChI is InChI=1S/C13H19NO5/c1-14(9-5-3-2-4-6-9)7-10(16)12(18)13(19)11(17)8-15/h2-6,11-13,15,17-19H,7-8H2,1H3. The summed E-state index contributed by atoms with van der Waals surface area (Å²) < 4.78 is 0. The Morgan fingerprint density at radius 1 is 1.21 bits per heavy atom. The number of ketones is 1. The van der Waals surface area contributed by atoms with Crippen molar-refractivity contribution in [3.63, 3.8) is 0 Å². The van der Waals surface area contributed by atoms with Crippen molar-refractivity contribution in [1.82, 2.24) is 0 Å². The minimum Gasteiger partial charge on any atom is -0.394 e. The molecule has 0 aliphatic carbocycles. The minimum atomic E-state index is -1.73. The van der Waals surface area contributed by atoms with Crippen LogP contribution in [0.5, 0.6) is 0 Å². The van der Waals surface area contributed by atoms with Gasteiger partial charge in [-0.2, -0.15) is 0 Å². The number of aliphatic hydroxyl groups is 4. The Balaban J connectivity index is 2.59. The van der Waals surface area contributed by atoms with Crippen LogP contribution in [0.1, 0.15) is 0 Å². The predicted octanol–water partition coefficient (Wildman–Crippen LogP) is -1.23. The van der Waals surface area contributed by atoms with Crippen LogP contribution in [0.15, 0.2) is 30.3 Å². The van der Waals surface area contributed by atoms with Crippen LogP contribution >= 0.6 is 0 Å². The molecule has 3 unspecified atom stereocenters. The second kappa shape index (κ2) is 7.20. The van der Waals surface area contributed by atoms with E-state index in [0.717, 1.165) is 5.69 Å². The van der Waals surface area contributed by atoms with Crippen LogP contribution in [-0.2, 0) is 4.79 Å². The molecule has 4 N–H and O–H groups in total. The fourth-order valence-electron chi connectivity index (χ4n) is 1.61. The van der Waals surface area contributed by atoms with Crippen molar-refractivity contribution in [2.24, 2.45) is 0 Å². The van der Waals surface area contributed by atoms with Crippen LogP contribution in [0.4, 0.5) is 5.69 Å². The van der Waals surface area contributed by atoms with Gasteiger partial charge in [0.05, 0.1) is 13.2 Å². The first-order chi connectivity index (χ1) is 8.97. The number of aliphatic hydroxyl groups excluding tert-OH is 4. The number of carbonyl (C=O) groups excluding carboxylic acids is 1. The summed E-state index contributed by atoms with van der Waals surface area (Å²) in [5.74, 6) is -0.633. The summed E-state index contributed by atoms with van der Waals surface area (Å²) in [7, 11) is 1.68. The molecule has 19 heavy (non-hydrogen) atoms. The lowest BCUT2D eigenvalue weighted by atomic mass is 10.0. The highest BCUT2D eigenvalue weighted by Crippen LogP contribution is 2.11. The van der Waals surface area contributed by atoms with E-state index in [2.05, 4.69) is 0 Å². The van der Waals surface area contributed by atoms with Gasteiger partial charge in [-0.05, 0) is 12.1 Å². The lowest BCUT2D eigenvalue weighted by Gasteiger charge is -2.24. The molecule has 0 aliphatic rings. The number of hydrogen-bond donors (Lipinski definition) is 4. The molecular formula is C13H19NO5. The first kappa shape index (κ1) is 15.6. The Morgan fingerprint density at radius 2 is 1.79 bits per heavy atom. The number of benzene rings is 1. The molecule has 1 aromatic carbocycles. The van der Waals surface area contributed by atoms with Gasteiger partial charge in [0.1, 0.15) is 18.3 Å². The molecule has 0 fully saturated rings. The number of likely N-dealkylation sites (N-methyl/N-ethyl adjacent to an activating group) is 1. The van der Waals surface area contributed by atoms with Gasteiger partial charge in [0, 0.05) is 12.7 Å². The van der Waals surface area contributed by atoms with Crippen LogP contribution in [0.2, 0.25) is 0 Å². The van der Waals surface area contributed by atoms with Gasteiger partial charge in [-0.25, -0.2) is 0 Å². The van der Waals surface area contributed by atoms with Crippen molar-refractivity contribution in [3.05, 3.63) is 30.3 Å². The Labute approximate surface area is 111 Å². The quantitative estimate of drug-likeness (QED) is 0.494. The summed E-state index contributed by atoms with van der Waals surface area (Å²) in [5, 5.41) is 36.9. The number of carbonyl (C=O) groups is 1. The van der Waals surface area contributed by atoms with Gasteiger partial charge in [-0.15, -0.1) is 0 Å². The highest BCUT2D eigenvalue weighted by atomic mass is 16.4. The maximum atomic E-state index is 11.7. The molecule has 0 aliphatic heterocycles. The first-order valence-corrected chi connectivity index (χ1v) is 5.91. The highest BCUT2D eigenvalue weighted by Gasteiger charge is 2.30. The van der Waals surface area contributed by atoms with Crippen molar-refractivity contribution in [2.75, 3.05) is 25.1 Å². The molecule has 0 aromatic heterocycles. The summed E-state index contributed by atoms with van der Waals surface area (Å²) >= 11 is 0. The van der Waals surface area contributed by atoms with Crippen molar-refractivity contribution in [1.29, 1.82) is 0 Å². The maximum absolute atomic E-state index is 11.7. The van der Waals surface area contributed by atoms with E-state index in [1.807, 2.05) is 18.2 Å². The van der Waals surface area contributed by atoms with Crippen molar-refractivity contribution in [3.8, 4) is 0 Å². The van der Waals surface area contributed by atoms with E-state index < -0.39 is 30.7 Å². The zero-order chi connectivity index (χ0) is 14.4. The number of nitrogens with zero attached hydrogens (tertiary/aromatic N) is 1. The van der Waals surface area contributed by atoms with Crippen LogP contribution < -0.4 is 4.90 Å². The Hall–Kier alpha value is -1.47. The van der Waals surface area contributed by atoms with Gasteiger partial charge >= 0.3 is 0 Å². The molecule has 0 amide bonds. The zero-order valence-corrected chi connectivity index (χ0v) is 10.7. The van der Waals surface area contributed by atoms with E-state index in [1.54, 1.807) is 24.1 Å². The van der Waals surface area contributed by atoms with E-state index in [9.17, 15) is 20.1 Å². The molecule has 6 nitrogen and oxygen atoms in total. The first-order valence-electron chi connectivity index (χ1n) is 5.91. The maximum Gasteiger partial charge on any atom is 0.183 e. The zero-order valence-electron chi connectivity index (χ0n) is 10.7. The number of anilines is 1. The van der Waals surface area contributed by atoms with Crippen molar-refractivity contribution < 1.29 is 25.2 Å². The molecule has 3 atom stereocenters. The molecule has 0 bridgehead atoms. The number of rotatable bonds is 7. The molecule has 6 heteroatoms. The molecule has 106 valence electrons. The van der Waals surface area contributed by atoms with Gasteiger partial charge in [0.2, 0.25) is 0 Å². The number of Topliss-reactive ketones (excluding diaryl/α,β-unsaturated/α-hetero) is 1. The summed E-state index contributed by atoms with van der Waals surface area (Å²) in [4.78, 5) is 13.4. The van der Waals surface area contributed by atoms with Gasteiger partial charge < -0.3 is 25.3 Å².